The molecule has 0 radical (unpaired) electrons. The third-order valence-corrected chi connectivity index (χ3v) is 3.90. The maximum atomic E-state index is 12.0. The van der Waals surface area contributed by atoms with E-state index >= 15 is 0 Å². The third-order valence-electron chi connectivity index (χ3n) is 3.38. The molecule has 0 unspecified atom stereocenters. The number of hydrogen-bond donors (Lipinski definition) is 3. The van der Waals surface area contributed by atoms with E-state index in [2.05, 4.69) is 16.2 Å². The van der Waals surface area contributed by atoms with Gasteiger partial charge in [-0.25, -0.2) is 0 Å². The Morgan fingerprint density at radius 2 is 1.79 bits per heavy atom. The van der Waals surface area contributed by atoms with Crippen LogP contribution in [0, 0.1) is 10.1 Å². The van der Waals surface area contributed by atoms with Gasteiger partial charge in [-0.2, -0.15) is 0 Å². The highest BCUT2D eigenvalue weighted by Crippen LogP contribution is 2.24. The zero-order valence-corrected chi connectivity index (χ0v) is 16.5. The van der Waals surface area contributed by atoms with E-state index in [-0.39, 0.29) is 22.3 Å². The fourth-order valence-corrected chi connectivity index (χ4v) is 2.35. The lowest BCUT2D eigenvalue weighted by Gasteiger charge is -2.11. The molecule has 2 aromatic rings. The van der Waals surface area contributed by atoms with Crippen LogP contribution in [0.3, 0.4) is 0 Å². The monoisotopic (exact) mass is 438 g/mol. The van der Waals surface area contributed by atoms with Gasteiger partial charge in [-0.05, 0) is 48.6 Å². The molecule has 0 aliphatic rings. The average Bonchev–Trinajstić information content (AvgIpc) is 2.71. The van der Waals surface area contributed by atoms with Crippen LogP contribution in [0.1, 0.15) is 10.4 Å². The molecule has 10 nitrogen and oxygen atoms in total. The molecule has 0 aliphatic heterocycles. The van der Waals surface area contributed by atoms with Gasteiger partial charge in [0.2, 0.25) is 0 Å². The van der Waals surface area contributed by atoms with E-state index in [1.54, 1.807) is 24.3 Å². The first kappa shape index (κ1) is 21.9. The zero-order valence-electron chi connectivity index (χ0n) is 14.9. The molecule has 0 fully saturated rings. The fourth-order valence-electron chi connectivity index (χ4n) is 1.99. The standard InChI is InChI=1S/C17H15ClN4O6S/c1-27-11-3-5-12(6-4-11)28-9-15(23)19-17(29)21-20-16(24)10-2-7-13(18)14(8-10)22(25)26/h2-8H,9H2,1H3,(H,20,24)(H2,19,21,23,29). The van der Waals surface area contributed by atoms with Gasteiger partial charge in [-0.1, -0.05) is 11.6 Å². The van der Waals surface area contributed by atoms with Gasteiger partial charge in [0.05, 0.1) is 12.0 Å². The summed E-state index contributed by atoms with van der Waals surface area (Å²) in [4.78, 5) is 34.0. The van der Waals surface area contributed by atoms with E-state index < -0.39 is 22.4 Å². The molecule has 12 heteroatoms. The highest BCUT2D eigenvalue weighted by Gasteiger charge is 2.16. The average molecular weight is 439 g/mol. The number of nitro groups is 1. The Morgan fingerprint density at radius 3 is 2.41 bits per heavy atom. The number of rotatable bonds is 6. The molecular weight excluding hydrogens is 424 g/mol. The van der Waals surface area contributed by atoms with Crippen molar-refractivity contribution in [3.05, 3.63) is 63.2 Å². The third kappa shape index (κ3) is 6.59. The van der Waals surface area contributed by atoms with E-state index in [0.29, 0.717) is 11.5 Å². The number of carbonyl (C=O) groups excluding carboxylic acids is 2. The van der Waals surface area contributed by atoms with Crippen molar-refractivity contribution < 1.29 is 24.0 Å². The predicted molar refractivity (Wildman–Crippen MR) is 108 cm³/mol. The molecular formula is C17H15ClN4O6S. The van der Waals surface area contributed by atoms with Crippen molar-refractivity contribution in [2.45, 2.75) is 0 Å². The number of nitrogens with zero attached hydrogens (tertiary/aromatic N) is 1. The predicted octanol–water partition coefficient (Wildman–Crippen LogP) is 1.97. The summed E-state index contributed by atoms with van der Waals surface area (Å²) < 4.78 is 10.3. The van der Waals surface area contributed by atoms with Crippen LogP contribution in [0.4, 0.5) is 5.69 Å². The van der Waals surface area contributed by atoms with Crippen LogP contribution in [0.5, 0.6) is 11.5 Å². The lowest BCUT2D eigenvalue weighted by molar-refractivity contribution is -0.384. The minimum absolute atomic E-state index is 0.0226. The quantitative estimate of drug-likeness (QED) is 0.354. The van der Waals surface area contributed by atoms with Gasteiger partial charge in [0.15, 0.2) is 11.7 Å². The molecule has 0 heterocycles. The van der Waals surface area contributed by atoms with Crippen LogP contribution in [-0.4, -0.2) is 35.6 Å². The number of thiocarbonyl (C=S) groups is 1. The van der Waals surface area contributed by atoms with Gasteiger partial charge >= 0.3 is 0 Å². The molecule has 0 atom stereocenters. The SMILES string of the molecule is COc1ccc(OCC(=O)NC(=S)NNC(=O)c2ccc(Cl)c([N+](=O)[O-])c2)cc1. The van der Waals surface area contributed by atoms with E-state index in [0.717, 1.165) is 6.07 Å². The second-order valence-corrected chi connectivity index (χ2v) is 6.16. The van der Waals surface area contributed by atoms with Crippen LogP contribution in [0.2, 0.25) is 5.02 Å². The molecule has 0 aliphatic carbocycles. The summed E-state index contributed by atoms with van der Waals surface area (Å²) in [5.41, 5.74) is 4.09. The van der Waals surface area contributed by atoms with Crippen molar-refractivity contribution in [1.82, 2.24) is 16.2 Å². The Morgan fingerprint density at radius 1 is 1.14 bits per heavy atom. The van der Waals surface area contributed by atoms with Gasteiger partial charge in [0.25, 0.3) is 17.5 Å². The summed E-state index contributed by atoms with van der Waals surface area (Å²) in [6, 6.07) is 10.2. The van der Waals surface area contributed by atoms with Crippen molar-refractivity contribution in [3.8, 4) is 11.5 Å². The summed E-state index contributed by atoms with van der Waals surface area (Å²) in [5, 5.41) is 12.9. The van der Waals surface area contributed by atoms with Crippen molar-refractivity contribution in [1.29, 1.82) is 0 Å². The smallest absolute Gasteiger partial charge is 0.288 e. The Labute approximate surface area is 175 Å². The van der Waals surface area contributed by atoms with Gasteiger partial charge in [-0.15, -0.1) is 0 Å². The second kappa shape index (κ2) is 10.2. The molecule has 2 rings (SSSR count). The van der Waals surface area contributed by atoms with Gasteiger partial charge in [0.1, 0.15) is 16.5 Å². The number of ether oxygens (including phenoxy) is 2. The molecule has 3 N–H and O–H groups in total. The number of methoxy groups -OCH3 is 1. The number of benzene rings is 2. The van der Waals surface area contributed by atoms with Crippen LogP contribution in [-0.2, 0) is 4.79 Å². The van der Waals surface area contributed by atoms with Gasteiger partial charge in [-0.3, -0.25) is 35.9 Å². The largest absolute Gasteiger partial charge is 0.497 e. The normalized spacial score (nSPS) is 9.86. The molecule has 0 aromatic heterocycles. The van der Waals surface area contributed by atoms with Crippen molar-refractivity contribution in [2.75, 3.05) is 13.7 Å². The number of nitrogens with one attached hydrogen (secondary N) is 3. The first-order chi connectivity index (χ1) is 13.8. The Kier molecular flexibility index (Phi) is 7.69. The van der Waals surface area contributed by atoms with Crippen LogP contribution in [0.25, 0.3) is 0 Å². The zero-order chi connectivity index (χ0) is 21.4. The number of carbonyl (C=O) groups is 2. The van der Waals surface area contributed by atoms with E-state index in [1.165, 1.54) is 19.2 Å². The second-order valence-electron chi connectivity index (χ2n) is 5.34. The van der Waals surface area contributed by atoms with Crippen LogP contribution < -0.4 is 25.6 Å². The Bertz CT molecular complexity index is 938. The summed E-state index contributed by atoms with van der Waals surface area (Å²) in [5.74, 6) is -0.169. The summed E-state index contributed by atoms with van der Waals surface area (Å²) in [7, 11) is 1.53. The number of hydrogen-bond acceptors (Lipinski definition) is 7. The first-order valence-electron chi connectivity index (χ1n) is 7.91. The molecule has 152 valence electrons. The maximum Gasteiger partial charge on any atom is 0.288 e. The molecule has 29 heavy (non-hydrogen) atoms. The summed E-state index contributed by atoms with van der Waals surface area (Å²) >= 11 is 10.6. The molecule has 0 saturated carbocycles. The highest BCUT2D eigenvalue weighted by molar-refractivity contribution is 7.80. The van der Waals surface area contributed by atoms with Crippen molar-refractivity contribution in [3.63, 3.8) is 0 Å². The molecule has 2 amide bonds. The Balaban J connectivity index is 1.79. The van der Waals surface area contributed by atoms with Crippen molar-refractivity contribution in [2.24, 2.45) is 0 Å². The van der Waals surface area contributed by atoms with Gasteiger partial charge < -0.3 is 9.47 Å². The molecule has 0 bridgehead atoms. The Hall–Kier alpha value is -3.44. The lowest BCUT2D eigenvalue weighted by Crippen LogP contribution is -2.49. The maximum absolute atomic E-state index is 12.0. The number of amides is 2. The minimum Gasteiger partial charge on any atom is -0.497 e. The van der Waals surface area contributed by atoms with Crippen molar-refractivity contribution >= 4 is 46.4 Å². The van der Waals surface area contributed by atoms with E-state index in [4.69, 9.17) is 33.3 Å². The van der Waals surface area contributed by atoms with E-state index in [1.807, 2.05) is 0 Å². The number of nitro benzene ring substituents is 1. The fraction of sp³-hybridized carbons (Fsp3) is 0.118. The molecule has 0 spiro atoms. The highest BCUT2D eigenvalue weighted by atomic mass is 35.5. The summed E-state index contributed by atoms with van der Waals surface area (Å²) in [6.45, 7) is -0.314. The molecule has 2 aromatic carbocycles. The van der Waals surface area contributed by atoms with Crippen LogP contribution >= 0.6 is 23.8 Å². The molecule has 0 saturated heterocycles. The first-order valence-corrected chi connectivity index (χ1v) is 8.69. The summed E-state index contributed by atoms with van der Waals surface area (Å²) in [6.07, 6.45) is 0. The van der Waals surface area contributed by atoms with E-state index in [9.17, 15) is 19.7 Å². The number of hydrazine groups is 1. The lowest BCUT2D eigenvalue weighted by atomic mass is 10.2. The topological polar surface area (TPSA) is 132 Å². The van der Waals surface area contributed by atoms with Gasteiger partial charge in [0, 0.05) is 11.6 Å². The van der Waals surface area contributed by atoms with Crippen LogP contribution in [0.15, 0.2) is 42.5 Å². The number of halogens is 1. The minimum atomic E-state index is -0.712.